The molecule has 0 bridgehead atoms. The van der Waals surface area contributed by atoms with E-state index in [1.54, 1.807) is 14.1 Å². The summed E-state index contributed by atoms with van der Waals surface area (Å²) in [6.07, 6.45) is -1.47. The number of nitrogens with one attached hydrogen (secondary N) is 2. The lowest BCUT2D eigenvalue weighted by atomic mass is 10.2. The molecule has 1 aromatic rings. The van der Waals surface area contributed by atoms with E-state index in [4.69, 9.17) is 11.6 Å². The van der Waals surface area contributed by atoms with Crippen molar-refractivity contribution >= 4 is 35.2 Å². The predicted octanol–water partition coefficient (Wildman–Crippen LogP) is 0.697. The third-order valence-corrected chi connectivity index (χ3v) is 3.13. The Bertz CT molecular complexity index is 606. The Morgan fingerprint density at radius 1 is 1.35 bits per heavy atom. The molecule has 1 atom stereocenters. The number of halogens is 1. The van der Waals surface area contributed by atoms with Gasteiger partial charge in [-0.05, 0) is 18.2 Å². The van der Waals surface area contributed by atoms with E-state index >= 15 is 0 Å². The molecule has 0 saturated heterocycles. The first-order chi connectivity index (χ1) is 10.8. The summed E-state index contributed by atoms with van der Waals surface area (Å²) in [5.74, 6) is -1.10. The zero-order valence-electron chi connectivity index (χ0n) is 12.9. The monoisotopic (exact) mass is 343 g/mol. The summed E-state index contributed by atoms with van der Waals surface area (Å²) >= 11 is 5.97. The second-order valence-corrected chi connectivity index (χ2v) is 5.18. The fraction of sp³-hybridized carbons (Fsp3) is 0.357. The molecule has 1 rings (SSSR count). The maximum absolute atomic E-state index is 11.9. The van der Waals surface area contributed by atoms with Gasteiger partial charge in [0.15, 0.2) is 6.10 Å². The maximum Gasteiger partial charge on any atom is 0.336 e. The van der Waals surface area contributed by atoms with Gasteiger partial charge in [-0.15, -0.1) is 0 Å². The Morgan fingerprint density at radius 3 is 2.57 bits per heavy atom. The van der Waals surface area contributed by atoms with Crippen molar-refractivity contribution in [3.05, 3.63) is 28.8 Å². The summed E-state index contributed by atoms with van der Waals surface area (Å²) in [6, 6.07) is 3.76. The minimum Gasteiger partial charge on any atom is -0.467 e. The van der Waals surface area contributed by atoms with Gasteiger partial charge in [-0.2, -0.15) is 0 Å². The predicted molar refractivity (Wildman–Crippen MR) is 84.5 cm³/mol. The van der Waals surface area contributed by atoms with E-state index in [0.717, 1.165) is 7.11 Å². The Hall–Kier alpha value is -2.32. The van der Waals surface area contributed by atoms with Gasteiger partial charge in [0.25, 0.3) is 5.91 Å². The summed E-state index contributed by atoms with van der Waals surface area (Å²) in [6.45, 7) is -0.327. The molecule has 126 valence electrons. The number of carbonyl (C=O) groups is 3. The first kappa shape index (κ1) is 18.7. The van der Waals surface area contributed by atoms with Crippen molar-refractivity contribution < 1.29 is 24.2 Å². The van der Waals surface area contributed by atoms with E-state index < -0.39 is 18.1 Å². The molecule has 0 aliphatic carbocycles. The number of anilines is 1. The molecule has 3 N–H and O–H groups in total. The fourth-order valence-corrected chi connectivity index (χ4v) is 1.75. The largest absolute Gasteiger partial charge is 0.467 e. The van der Waals surface area contributed by atoms with Crippen molar-refractivity contribution in [2.75, 3.05) is 33.1 Å². The number of nitrogens with zero attached hydrogens (tertiary/aromatic N) is 1. The molecule has 23 heavy (non-hydrogen) atoms. The van der Waals surface area contributed by atoms with Crippen LogP contribution in [0.3, 0.4) is 0 Å². The minimum atomic E-state index is -1.47. The minimum absolute atomic E-state index is 0.226. The normalized spacial score (nSPS) is 11.3. The van der Waals surface area contributed by atoms with Gasteiger partial charge in [-0.1, -0.05) is 11.6 Å². The number of benzene rings is 1. The van der Waals surface area contributed by atoms with Gasteiger partial charge in [0.1, 0.15) is 0 Å². The van der Waals surface area contributed by atoms with E-state index in [1.807, 2.05) is 0 Å². The molecule has 3 amide bonds. The summed E-state index contributed by atoms with van der Waals surface area (Å²) in [7, 11) is 4.33. The van der Waals surface area contributed by atoms with E-state index in [0.29, 0.717) is 5.56 Å². The molecule has 1 aromatic carbocycles. The molecule has 8 nitrogen and oxygen atoms in total. The standard InChI is InChI=1S/C14H18ClN3O5/c1-18(2)12(20)8-4-5-9(15)10(6-8)17-14(22)16-7-11(19)13(21)23-3/h4-6,11,19H,7H2,1-3H3,(H2,16,17,22)/t11-/m1/s1. The van der Waals surface area contributed by atoms with Gasteiger partial charge in [0.05, 0.1) is 24.4 Å². The second kappa shape index (κ2) is 8.35. The molecule has 0 aliphatic rings. The molecule has 0 heterocycles. The highest BCUT2D eigenvalue weighted by molar-refractivity contribution is 6.33. The third kappa shape index (κ3) is 5.42. The molecule has 0 spiro atoms. The zero-order chi connectivity index (χ0) is 17.6. The van der Waals surface area contributed by atoms with Crippen LogP contribution in [0.4, 0.5) is 10.5 Å². The lowest BCUT2D eigenvalue weighted by Crippen LogP contribution is -2.39. The molecule has 0 saturated carbocycles. The SMILES string of the molecule is COC(=O)[C@H](O)CNC(=O)Nc1cc(C(=O)N(C)C)ccc1Cl. The van der Waals surface area contributed by atoms with E-state index in [9.17, 15) is 19.5 Å². The summed E-state index contributed by atoms with van der Waals surface area (Å²) in [5, 5.41) is 14.3. The number of aliphatic hydroxyl groups excluding tert-OH is 1. The zero-order valence-corrected chi connectivity index (χ0v) is 13.7. The van der Waals surface area contributed by atoms with Crippen LogP contribution in [0.2, 0.25) is 5.02 Å². The summed E-state index contributed by atoms with van der Waals surface area (Å²) < 4.78 is 4.32. The number of esters is 1. The quantitative estimate of drug-likeness (QED) is 0.682. The van der Waals surface area contributed by atoms with Crippen LogP contribution in [-0.4, -0.2) is 61.8 Å². The second-order valence-electron chi connectivity index (χ2n) is 4.77. The molecular formula is C14H18ClN3O5. The van der Waals surface area contributed by atoms with Gasteiger partial charge >= 0.3 is 12.0 Å². The number of rotatable bonds is 5. The van der Waals surface area contributed by atoms with Gasteiger partial charge < -0.3 is 25.4 Å². The Kier molecular flexibility index (Phi) is 6.80. The molecule has 0 aliphatic heterocycles. The topological polar surface area (TPSA) is 108 Å². The number of hydrogen-bond donors (Lipinski definition) is 3. The Balaban J connectivity index is 2.72. The van der Waals surface area contributed by atoms with Crippen molar-refractivity contribution in [1.29, 1.82) is 0 Å². The smallest absolute Gasteiger partial charge is 0.336 e. The van der Waals surface area contributed by atoms with Gasteiger partial charge in [-0.3, -0.25) is 4.79 Å². The van der Waals surface area contributed by atoms with Crippen molar-refractivity contribution in [2.24, 2.45) is 0 Å². The Morgan fingerprint density at radius 2 is 2.00 bits per heavy atom. The lowest BCUT2D eigenvalue weighted by Gasteiger charge is -2.14. The number of urea groups is 1. The molecule has 0 radical (unpaired) electrons. The van der Waals surface area contributed by atoms with E-state index in [1.165, 1.54) is 23.1 Å². The average molecular weight is 344 g/mol. The van der Waals surface area contributed by atoms with Gasteiger partial charge in [0, 0.05) is 19.7 Å². The maximum atomic E-state index is 11.9. The number of carbonyl (C=O) groups excluding carboxylic acids is 3. The average Bonchev–Trinajstić information content (AvgIpc) is 2.52. The van der Waals surface area contributed by atoms with Crippen LogP contribution in [0.15, 0.2) is 18.2 Å². The Labute approximate surface area is 138 Å². The van der Waals surface area contributed by atoms with E-state index in [2.05, 4.69) is 15.4 Å². The molecule has 0 fully saturated rings. The van der Waals surface area contributed by atoms with Crippen LogP contribution in [-0.2, 0) is 9.53 Å². The highest BCUT2D eigenvalue weighted by atomic mass is 35.5. The molecule has 9 heteroatoms. The van der Waals surface area contributed by atoms with Crippen LogP contribution in [0.25, 0.3) is 0 Å². The first-order valence-corrected chi connectivity index (χ1v) is 6.96. The molecule has 0 aromatic heterocycles. The summed E-state index contributed by atoms with van der Waals surface area (Å²) in [5.41, 5.74) is 0.578. The molecule has 0 unspecified atom stereocenters. The first-order valence-electron chi connectivity index (χ1n) is 6.58. The van der Waals surface area contributed by atoms with Gasteiger partial charge in [0.2, 0.25) is 0 Å². The van der Waals surface area contributed by atoms with Crippen molar-refractivity contribution in [1.82, 2.24) is 10.2 Å². The van der Waals surface area contributed by atoms with Gasteiger partial charge in [-0.25, -0.2) is 9.59 Å². The number of methoxy groups -OCH3 is 1. The molecular weight excluding hydrogens is 326 g/mol. The van der Waals surface area contributed by atoms with E-state index in [-0.39, 0.29) is 23.2 Å². The fourth-order valence-electron chi connectivity index (χ4n) is 1.59. The van der Waals surface area contributed by atoms with Crippen LogP contribution in [0.1, 0.15) is 10.4 Å². The lowest BCUT2D eigenvalue weighted by molar-refractivity contribution is -0.149. The van der Waals surface area contributed by atoms with Crippen molar-refractivity contribution in [2.45, 2.75) is 6.10 Å². The van der Waals surface area contributed by atoms with Crippen molar-refractivity contribution in [3.63, 3.8) is 0 Å². The number of ether oxygens (including phenoxy) is 1. The number of aliphatic hydroxyl groups is 1. The summed E-state index contributed by atoms with van der Waals surface area (Å²) in [4.78, 5) is 36.0. The highest BCUT2D eigenvalue weighted by Crippen LogP contribution is 2.23. The van der Waals surface area contributed by atoms with Crippen LogP contribution in [0.5, 0.6) is 0 Å². The van der Waals surface area contributed by atoms with Crippen LogP contribution < -0.4 is 10.6 Å². The van der Waals surface area contributed by atoms with Crippen LogP contribution in [0, 0.1) is 0 Å². The third-order valence-electron chi connectivity index (χ3n) is 2.80. The number of amides is 3. The number of hydrogen-bond acceptors (Lipinski definition) is 5. The highest BCUT2D eigenvalue weighted by Gasteiger charge is 2.17. The van der Waals surface area contributed by atoms with Crippen molar-refractivity contribution in [3.8, 4) is 0 Å². The van der Waals surface area contributed by atoms with Crippen LogP contribution >= 0.6 is 11.6 Å².